The predicted molar refractivity (Wildman–Crippen MR) is 70.0 cm³/mol. The van der Waals surface area contributed by atoms with E-state index in [-0.39, 0.29) is 11.9 Å². The quantitative estimate of drug-likeness (QED) is 0.921. The first-order valence-corrected chi connectivity index (χ1v) is 5.94. The third-order valence-corrected chi connectivity index (χ3v) is 2.49. The Morgan fingerprint density at radius 1 is 1.32 bits per heavy atom. The van der Waals surface area contributed by atoms with E-state index in [0.717, 1.165) is 6.20 Å². The molecule has 0 radical (unpaired) electrons. The lowest BCUT2D eigenvalue weighted by molar-refractivity contribution is 0.0943. The molecule has 19 heavy (non-hydrogen) atoms. The molecule has 1 N–H and O–H groups in total. The van der Waals surface area contributed by atoms with Gasteiger partial charge in [0.15, 0.2) is 5.82 Å². The van der Waals surface area contributed by atoms with E-state index in [2.05, 4.69) is 15.3 Å². The number of pyridine rings is 2. The molecule has 0 atom stereocenters. The summed E-state index contributed by atoms with van der Waals surface area (Å²) in [6.07, 6.45) is 4.10. The van der Waals surface area contributed by atoms with Crippen LogP contribution >= 0.6 is 0 Å². The number of rotatable bonds is 3. The topological polar surface area (TPSA) is 54.9 Å². The summed E-state index contributed by atoms with van der Waals surface area (Å²) in [5.74, 6) is -0.662. The Morgan fingerprint density at radius 2 is 2.11 bits per heavy atom. The van der Waals surface area contributed by atoms with E-state index in [1.165, 1.54) is 18.5 Å². The van der Waals surface area contributed by atoms with Crippen molar-refractivity contribution in [3.05, 3.63) is 48.2 Å². The SMILES string of the molecule is CC(C)NC(=O)c1ccnc(-c2ccncc2F)c1. The van der Waals surface area contributed by atoms with Crippen LogP contribution in [0, 0.1) is 5.82 Å². The standard InChI is InChI=1S/C14H14FN3O/c1-9(2)18-14(19)10-3-6-17-13(7-10)11-4-5-16-8-12(11)15/h3-9H,1-2H3,(H,18,19). The minimum atomic E-state index is -0.462. The summed E-state index contributed by atoms with van der Waals surface area (Å²) in [5.41, 5.74) is 1.19. The molecule has 0 aromatic carbocycles. The molecule has 5 heteroatoms. The molecule has 4 nitrogen and oxygen atoms in total. The second-order valence-corrected chi connectivity index (χ2v) is 4.41. The van der Waals surface area contributed by atoms with Gasteiger partial charge in [0, 0.05) is 29.6 Å². The largest absolute Gasteiger partial charge is 0.350 e. The van der Waals surface area contributed by atoms with Crippen molar-refractivity contribution in [1.29, 1.82) is 0 Å². The zero-order chi connectivity index (χ0) is 13.8. The number of amides is 1. The van der Waals surface area contributed by atoms with Crippen molar-refractivity contribution in [3.8, 4) is 11.3 Å². The molecule has 0 aliphatic heterocycles. The summed E-state index contributed by atoms with van der Waals surface area (Å²) in [6.45, 7) is 3.76. The number of nitrogens with one attached hydrogen (secondary N) is 1. The molecule has 1 amide bonds. The summed E-state index contributed by atoms with van der Waals surface area (Å²) in [7, 11) is 0. The van der Waals surface area contributed by atoms with E-state index in [0.29, 0.717) is 16.8 Å². The number of nitrogens with zero attached hydrogens (tertiary/aromatic N) is 2. The summed E-state index contributed by atoms with van der Waals surface area (Å²) >= 11 is 0. The van der Waals surface area contributed by atoms with Gasteiger partial charge in [-0.3, -0.25) is 14.8 Å². The molecule has 0 spiro atoms. The molecular weight excluding hydrogens is 245 g/mol. The summed E-state index contributed by atoms with van der Waals surface area (Å²) in [4.78, 5) is 19.6. The lowest BCUT2D eigenvalue weighted by Crippen LogP contribution is -2.30. The monoisotopic (exact) mass is 259 g/mol. The van der Waals surface area contributed by atoms with Crippen molar-refractivity contribution in [2.24, 2.45) is 0 Å². The zero-order valence-corrected chi connectivity index (χ0v) is 10.7. The predicted octanol–water partition coefficient (Wildman–Crippen LogP) is 2.42. The molecular formula is C14H14FN3O. The van der Waals surface area contributed by atoms with Gasteiger partial charge in [-0.2, -0.15) is 0 Å². The zero-order valence-electron chi connectivity index (χ0n) is 10.7. The highest BCUT2D eigenvalue weighted by molar-refractivity contribution is 5.95. The van der Waals surface area contributed by atoms with Crippen molar-refractivity contribution in [3.63, 3.8) is 0 Å². The molecule has 0 aliphatic carbocycles. The Balaban J connectivity index is 2.35. The average Bonchev–Trinajstić information content (AvgIpc) is 2.38. The van der Waals surface area contributed by atoms with Crippen molar-refractivity contribution < 1.29 is 9.18 Å². The molecule has 0 aliphatic rings. The van der Waals surface area contributed by atoms with Crippen LogP contribution in [0.5, 0.6) is 0 Å². The van der Waals surface area contributed by atoms with Gasteiger partial charge in [-0.25, -0.2) is 4.39 Å². The lowest BCUT2D eigenvalue weighted by atomic mass is 10.1. The van der Waals surface area contributed by atoms with Crippen molar-refractivity contribution >= 4 is 5.91 Å². The number of hydrogen-bond acceptors (Lipinski definition) is 3. The second-order valence-electron chi connectivity index (χ2n) is 4.41. The van der Waals surface area contributed by atoms with Crippen LogP contribution in [0.2, 0.25) is 0 Å². The molecule has 0 unspecified atom stereocenters. The van der Waals surface area contributed by atoms with Gasteiger partial charge < -0.3 is 5.32 Å². The van der Waals surface area contributed by atoms with Crippen molar-refractivity contribution in [2.75, 3.05) is 0 Å². The Bertz CT molecular complexity index is 599. The molecule has 0 fully saturated rings. The fourth-order valence-electron chi connectivity index (χ4n) is 1.65. The highest BCUT2D eigenvalue weighted by atomic mass is 19.1. The van der Waals surface area contributed by atoms with Gasteiger partial charge >= 0.3 is 0 Å². The Labute approximate surface area is 110 Å². The van der Waals surface area contributed by atoms with Crippen LogP contribution in [0.25, 0.3) is 11.3 Å². The molecule has 2 heterocycles. The molecule has 98 valence electrons. The Kier molecular flexibility index (Phi) is 3.85. The van der Waals surface area contributed by atoms with E-state index >= 15 is 0 Å². The Hall–Kier alpha value is -2.30. The average molecular weight is 259 g/mol. The van der Waals surface area contributed by atoms with Crippen molar-refractivity contribution in [2.45, 2.75) is 19.9 Å². The van der Waals surface area contributed by atoms with Crippen LogP contribution in [-0.2, 0) is 0 Å². The molecule has 2 aromatic rings. The first-order chi connectivity index (χ1) is 9.08. The van der Waals surface area contributed by atoms with E-state index in [4.69, 9.17) is 0 Å². The van der Waals surface area contributed by atoms with Crippen LogP contribution in [0.15, 0.2) is 36.8 Å². The van der Waals surface area contributed by atoms with Crippen molar-refractivity contribution in [1.82, 2.24) is 15.3 Å². The lowest BCUT2D eigenvalue weighted by Gasteiger charge is -2.09. The molecule has 0 saturated carbocycles. The fourth-order valence-corrected chi connectivity index (χ4v) is 1.65. The van der Waals surface area contributed by atoms with Crippen LogP contribution in [0.4, 0.5) is 4.39 Å². The highest BCUT2D eigenvalue weighted by Crippen LogP contribution is 2.20. The number of halogens is 1. The highest BCUT2D eigenvalue weighted by Gasteiger charge is 2.11. The van der Waals surface area contributed by atoms with E-state index in [1.54, 1.807) is 12.1 Å². The van der Waals surface area contributed by atoms with Crippen LogP contribution in [-0.4, -0.2) is 21.9 Å². The van der Waals surface area contributed by atoms with Gasteiger partial charge in [-0.15, -0.1) is 0 Å². The third-order valence-electron chi connectivity index (χ3n) is 2.49. The van der Waals surface area contributed by atoms with E-state index < -0.39 is 5.82 Å². The fraction of sp³-hybridized carbons (Fsp3) is 0.214. The summed E-state index contributed by atoms with van der Waals surface area (Å²) in [5, 5.41) is 2.78. The molecule has 0 saturated heterocycles. The maximum Gasteiger partial charge on any atom is 0.251 e. The first kappa shape index (κ1) is 13.1. The van der Waals surface area contributed by atoms with E-state index in [1.807, 2.05) is 13.8 Å². The number of hydrogen-bond donors (Lipinski definition) is 1. The maximum absolute atomic E-state index is 13.6. The van der Waals surface area contributed by atoms with Crippen LogP contribution in [0.3, 0.4) is 0 Å². The first-order valence-electron chi connectivity index (χ1n) is 5.94. The molecule has 2 rings (SSSR count). The van der Waals surface area contributed by atoms with Gasteiger partial charge in [-0.05, 0) is 32.0 Å². The number of carbonyl (C=O) groups excluding carboxylic acids is 1. The Morgan fingerprint density at radius 3 is 2.79 bits per heavy atom. The van der Waals surface area contributed by atoms with Crippen LogP contribution < -0.4 is 5.32 Å². The van der Waals surface area contributed by atoms with Crippen LogP contribution in [0.1, 0.15) is 24.2 Å². The van der Waals surface area contributed by atoms with Gasteiger partial charge in [-0.1, -0.05) is 0 Å². The minimum Gasteiger partial charge on any atom is -0.350 e. The second kappa shape index (κ2) is 5.56. The smallest absolute Gasteiger partial charge is 0.251 e. The minimum absolute atomic E-state index is 0.0433. The van der Waals surface area contributed by atoms with Gasteiger partial charge in [0.05, 0.1) is 11.9 Å². The van der Waals surface area contributed by atoms with Gasteiger partial charge in [0.25, 0.3) is 5.91 Å². The van der Waals surface area contributed by atoms with Gasteiger partial charge in [0.1, 0.15) is 0 Å². The molecule has 0 bridgehead atoms. The normalized spacial score (nSPS) is 10.5. The number of aromatic nitrogens is 2. The number of carbonyl (C=O) groups is 1. The van der Waals surface area contributed by atoms with E-state index in [9.17, 15) is 9.18 Å². The summed E-state index contributed by atoms with van der Waals surface area (Å²) < 4.78 is 13.6. The van der Waals surface area contributed by atoms with Gasteiger partial charge in [0.2, 0.25) is 0 Å². The third kappa shape index (κ3) is 3.13. The molecule has 2 aromatic heterocycles. The maximum atomic E-state index is 13.6. The summed E-state index contributed by atoms with van der Waals surface area (Å²) in [6, 6.07) is 4.74.